The van der Waals surface area contributed by atoms with E-state index in [4.69, 9.17) is 0 Å². The van der Waals surface area contributed by atoms with Crippen molar-refractivity contribution >= 4 is 10.0 Å². The summed E-state index contributed by atoms with van der Waals surface area (Å²) in [5.74, 6) is 0.492. The highest BCUT2D eigenvalue weighted by Gasteiger charge is 2.28. The van der Waals surface area contributed by atoms with Gasteiger partial charge in [0.1, 0.15) is 0 Å². The van der Waals surface area contributed by atoms with Crippen LogP contribution in [0, 0.1) is 5.92 Å². The molecule has 114 valence electrons. The minimum absolute atomic E-state index is 0.147. The van der Waals surface area contributed by atoms with Crippen LogP contribution in [0.4, 0.5) is 0 Å². The lowest BCUT2D eigenvalue weighted by Gasteiger charge is -2.30. The van der Waals surface area contributed by atoms with Gasteiger partial charge in [-0.2, -0.15) is 0 Å². The van der Waals surface area contributed by atoms with E-state index in [1.807, 2.05) is 12.1 Å². The van der Waals surface area contributed by atoms with Gasteiger partial charge in [-0.1, -0.05) is 39.0 Å². The van der Waals surface area contributed by atoms with Crippen LogP contribution in [0.5, 0.6) is 0 Å². The Balaban J connectivity index is 3.35. The maximum absolute atomic E-state index is 12.2. The van der Waals surface area contributed by atoms with Crippen molar-refractivity contribution in [2.75, 3.05) is 13.6 Å². The Morgan fingerprint density at radius 3 is 2.25 bits per heavy atom. The Bertz CT molecular complexity index is 526. The fourth-order valence-electron chi connectivity index (χ4n) is 2.77. The molecule has 1 aromatic carbocycles. The minimum Gasteiger partial charge on any atom is -0.314 e. The smallest absolute Gasteiger partial charge is 0.240 e. The molecule has 0 aliphatic rings. The first-order valence-electron chi connectivity index (χ1n) is 7.11. The predicted octanol–water partition coefficient (Wildman–Crippen LogP) is 2.33. The first-order chi connectivity index (χ1) is 9.35. The van der Waals surface area contributed by atoms with Crippen molar-refractivity contribution in [1.82, 2.24) is 10.0 Å². The Labute approximate surface area is 123 Å². The number of nitrogens with one attached hydrogen (secondary N) is 2. The average Bonchev–Trinajstić information content (AvgIpc) is 2.39. The van der Waals surface area contributed by atoms with Crippen molar-refractivity contribution in [3.8, 4) is 0 Å². The van der Waals surface area contributed by atoms with Crippen LogP contribution in [-0.4, -0.2) is 28.1 Å². The van der Waals surface area contributed by atoms with Gasteiger partial charge in [-0.3, -0.25) is 0 Å². The van der Waals surface area contributed by atoms with E-state index in [-0.39, 0.29) is 12.0 Å². The van der Waals surface area contributed by atoms with Gasteiger partial charge >= 0.3 is 0 Å². The van der Waals surface area contributed by atoms with Crippen molar-refractivity contribution in [2.45, 2.75) is 44.6 Å². The van der Waals surface area contributed by atoms with Gasteiger partial charge in [0.25, 0.3) is 0 Å². The molecule has 2 unspecified atom stereocenters. The molecule has 0 saturated heterocycles. The topological polar surface area (TPSA) is 58.2 Å². The maximum atomic E-state index is 12.2. The van der Waals surface area contributed by atoms with Gasteiger partial charge in [0.2, 0.25) is 10.0 Å². The van der Waals surface area contributed by atoms with Gasteiger partial charge < -0.3 is 5.32 Å². The van der Waals surface area contributed by atoms with Crippen LogP contribution in [0.3, 0.4) is 0 Å². The van der Waals surface area contributed by atoms with E-state index in [9.17, 15) is 8.42 Å². The van der Waals surface area contributed by atoms with Gasteiger partial charge in [-0.15, -0.1) is 0 Å². The van der Waals surface area contributed by atoms with Crippen molar-refractivity contribution in [2.24, 2.45) is 5.92 Å². The standard InChI is InChI=1S/C15H26N2O2S/c1-6-17-12(4)15(11(2)3)13-9-7-8-10-14(13)20(18,19)16-5/h7-12,15-17H,6H2,1-5H3. The molecule has 0 aliphatic heterocycles. The Kier molecular flexibility index (Phi) is 6.17. The second-order valence-corrected chi connectivity index (χ2v) is 7.22. The Morgan fingerprint density at radius 2 is 1.75 bits per heavy atom. The average molecular weight is 298 g/mol. The molecule has 0 bridgehead atoms. The van der Waals surface area contributed by atoms with Gasteiger partial charge in [0.15, 0.2) is 0 Å². The second kappa shape index (κ2) is 7.20. The van der Waals surface area contributed by atoms with E-state index in [2.05, 4.69) is 37.7 Å². The van der Waals surface area contributed by atoms with Crippen LogP contribution in [0.15, 0.2) is 29.2 Å². The third-order valence-electron chi connectivity index (χ3n) is 3.62. The number of hydrogen-bond acceptors (Lipinski definition) is 3. The number of sulfonamides is 1. The summed E-state index contributed by atoms with van der Waals surface area (Å²) in [6, 6.07) is 7.48. The summed E-state index contributed by atoms with van der Waals surface area (Å²) < 4.78 is 26.8. The minimum atomic E-state index is -3.43. The molecule has 2 atom stereocenters. The van der Waals surface area contributed by atoms with Crippen LogP contribution in [0.1, 0.15) is 39.2 Å². The first-order valence-corrected chi connectivity index (χ1v) is 8.59. The number of benzene rings is 1. The first kappa shape index (κ1) is 17.1. The molecule has 2 N–H and O–H groups in total. The third-order valence-corrected chi connectivity index (χ3v) is 5.11. The van der Waals surface area contributed by atoms with Crippen LogP contribution < -0.4 is 10.0 Å². The van der Waals surface area contributed by atoms with E-state index in [0.29, 0.717) is 10.8 Å². The molecule has 0 aromatic heterocycles. The summed E-state index contributed by atoms with van der Waals surface area (Å²) in [6.07, 6.45) is 0. The van der Waals surface area contributed by atoms with Crippen LogP contribution >= 0.6 is 0 Å². The maximum Gasteiger partial charge on any atom is 0.240 e. The molecule has 0 radical (unpaired) electrons. The molecule has 1 aromatic rings. The molecular weight excluding hydrogens is 272 g/mol. The summed E-state index contributed by atoms with van der Waals surface area (Å²) in [5, 5.41) is 3.41. The van der Waals surface area contributed by atoms with E-state index >= 15 is 0 Å². The monoisotopic (exact) mass is 298 g/mol. The number of rotatable bonds is 7. The normalized spacial score (nSPS) is 15.3. The molecule has 5 heteroatoms. The molecule has 0 aliphatic carbocycles. The summed E-state index contributed by atoms with van der Waals surface area (Å²) in [6.45, 7) is 9.29. The predicted molar refractivity (Wildman–Crippen MR) is 83.4 cm³/mol. The number of likely N-dealkylation sites (N-methyl/N-ethyl adjacent to an activating group) is 1. The zero-order valence-electron chi connectivity index (χ0n) is 13.0. The van der Waals surface area contributed by atoms with E-state index in [1.54, 1.807) is 12.1 Å². The molecule has 0 heterocycles. The van der Waals surface area contributed by atoms with E-state index in [0.717, 1.165) is 12.1 Å². The summed E-state index contributed by atoms with van der Waals surface area (Å²) in [4.78, 5) is 0.381. The molecule has 1 rings (SSSR count). The van der Waals surface area contributed by atoms with Crippen LogP contribution in [-0.2, 0) is 10.0 Å². The lowest BCUT2D eigenvalue weighted by atomic mass is 9.83. The lowest BCUT2D eigenvalue weighted by molar-refractivity contribution is 0.378. The summed E-state index contributed by atoms with van der Waals surface area (Å²) in [7, 11) is -1.98. The van der Waals surface area contributed by atoms with E-state index in [1.165, 1.54) is 7.05 Å². The fraction of sp³-hybridized carbons (Fsp3) is 0.600. The largest absolute Gasteiger partial charge is 0.314 e. The van der Waals surface area contributed by atoms with Crippen molar-refractivity contribution in [3.63, 3.8) is 0 Å². The van der Waals surface area contributed by atoms with Crippen molar-refractivity contribution in [3.05, 3.63) is 29.8 Å². The summed E-state index contributed by atoms with van der Waals surface area (Å²) in [5.41, 5.74) is 0.880. The highest BCUT2D eigenvalue weighted by Crippen LogP contribution is 2.32. The third kappa shape index (κ3) is 3.81. The summed E-state index contributed by atoms with van der Waals surface area (Å²) >= 11 is 0. The Morgan fingerprint density at radius 1 is 1.15 bits per heavy atom. The molecule has 4 nitrogen and oxygen atoms in total. The molecule has 0 saturated carbocycles. The van der Waals surface area contributed by atoms with Gasteiger partial charge in [-0.05, 0) is 38.1 Å². The number of hydrogen-bond donors (Lipinski definition) is 2. The van der Waals surface area contributed by atoms with Gasteiger partial charge in [0, 0.05) is 12.0 Å². The van der Waals surface area contributed by atoms with Gasteiger partial charge in [-0.25, -0.2) is 13.1 Å². The quantitative estimate of drug-likeness (QED) is 0.812. The molecule has 0 spiro atoms. The molecule has 20 heavy (non-hydrogen) atoms. The van der Waals surface area contributed by atoms with E-state index < -0.39 is 10.0 Å². The molecule has 0 fully saturated rings. The van der Waals surface area contributed by atoms with Crippen molar-refractivity contribution in [1.29, 1.82) is 0 Å². The van der Waals surface area contributed by atoms with Crippen molar-refractivity contribution < 1.29 is 8.42 Å². The zero-order valence-corrected chi connectivity index (χ0v) is 13.8. The SMILES string of the molecule is CCNC(C)C(c1ccccc1S(=O)(=O)NC)C(C)C. The molecular formula is C15H26N2O2S. The highest BCUT2D eigenvalue weighted by atomic mass is 32.2. The van der Waals surface area contributed by atoms with Crippen LogP contribution in [0.25, 0.3) is 0 Å². The Hall–Kier alpha value is -0.910. The van der Waals surface area contributed by atoms with Gasteiger partial charge in [0.05, 0.1) is 4.90 Å². The fourth-order valence-corrected chi connectivity index (χ4v) is 3.76. The lowest BCUT2D eigenvalue weighted by Crippen LogP contribution is -2.35. The molecule has 0 amide bonds. The zero-order chi connectivity index (χ0) is 15.3. The van der Waals surface area contributed by atoms with Crippen LogP contribution in [0.2, 0.25) is 0 Å². The second-order valence-electron chi connectivity index (χ2n) is 5.36. The highest BCUT2D eigenvalue weighted by molar-refractivity contribution is 7.89.